The van der Waals surface area contributed by atoms with Crippen molar-refractivity contribution >= 4 is 26.7 Å². The van der Waals surface area contributed by atoms with Crippen LogP contribution in [0.2, 0.25) is 0 Å². The van der Waals surface area contributed by atoms with E-state index in [1.54, 1.807) is 0 Å². The molecule has 0 aliphatic heterocycles. The second-order valence-electron chi connectivity index (χ2n) is 4.05. The largest absolute Gasteiger partial charge is 0.0622 e. The fourth-order valence-electron chi connectivity index (χ4n) is 2.05. The Morgan fingerprint density at radius 3 is 1.94 bits per heavy atom. The van der Waals surface area contributed by atoms with Gasteiger partial charge < -0.3 is 0 Å². The lowest BCUT2D eigenvalue weighted by atomic mass is 10.0. The van der Waals surface area contributed by atoms with Crippen LogP contribution in [0.1, 0.15) is 0 Å². The van der Waals surface area contributed by atoms with Crippen molar-refractivity contribution in [1.82, 2.24) is 0 Å². The predicted octanol–water partition coefficient (Wildman–Crippen LogP) is 5.27. The Labute approximate surface area is 109 Å². The molecular formula is C16H11Br. The van der Waals surface area contributed by atoms with Gasteiger partial charge in [0.2, 0.25) is 0 Å². The zero-order valence-electron chi connectivity index (χ0n) is 9.23. The Balaban J connectivity index is 2.27. The molecule has 0 unspecified atom stereocenters. The highest BCUT2D eigenvalue weighted by Crippen LogP contribution is 2.32. The summed E-state index contributed by atoms with van der Waals surface area (Å²) in [5.74, 6) is 0. The van der Waals surface area contributed by atoms with Crippen LogP contribution in [0.5, 0.6) is 0 Å². The van der Waals surface area contributed by atoms with Crippen molar-refractivity contribution in [3.8, 4) is 11.1 Å². The smallest absolute Gasteiger partial charge is 0.0260 e. The maximum Gasteiger partial charge on any atom is 0.0260 e. The minimum absolute atomic E-state index is 1.14. The van der Waals surface area contributed by atoms with Crippen LogP contribution in [-0.4, -0.2) is 0 Å². The molecule has 17 heavy (non-hydrogen) atoms. The first-order valence-electron chi connectivity index (χ1n) is 5.58. The van der Waals surface area contributed by atoms with Crippen LogP contribution in [-0.2, 0) is 0 Å². The molecule has 0 aliphatic rings. The standard InChI is InChI=1S/C16H11Br/c17-16-11-14-9-5-4-8-13(14)10-15(16)12-6-2-1-3-7-12/h1-11H. The molecule has 0 saturated carbocycles. The summed E-state index contributed by atoms with van der Waals surface area (Å²) in [4.78, 5) is 0. The Bertz CT molecular complexity index is 657. The first kappa shape index (κ1) is 10.5. The van der Waals surface area contributed by atoms with Gasteiger partial charge in [0.15, 0.2) is 0 Å². The van der Waals surface area contributed by atoms with Crippen molar-refractivity contribution in [2.75, 3.05) is 0 Å². The topological polar surface area (TPSA) is 0 Å². The summed E-state index contributed by atoms with van der Waals surface area (Å²) in [5, 5.41) is 2.54. The number of fused-ring (bicyclic) bond motifs is 1. The predicted molar refractivity (Wildman–Crippen MR) is 77.1 cm³/mol. The van der Waals surface area contributed by atoms with Gasteiger partial charge in [0.05, 0.1) is 0 Å². The first-order chi connectivity index (χ1) is 8.34. The van der Waals surface area contributed by atoms with Gasteiger partial charge in [-0.05, 0) is 34.0 Å². The van der Waals surface area contributed by atoms with Crippen LogP contribution >= 0.6 is 15.9 Å². The molecule has 0 atom stereocenters. The lowest BCUT2D eigenvalue weighted by Gasteiger charge is -2.07. The van der Waals surface area contributed by atoms with Gasteiger partial charge in [0.25, 0.3) is 0 Å². The Morgan fingerprint density at radius 2 is 1.24 bits per heavy atom. The summed E-state index contributed by atoms with van der Waals surface area (Å²) >= 11 is 3.65. The molecule has 0 radical (unpaired) electrons. The monoisotopic (exact) mass is 282 g/mol. The summed E-state index contributed by atoms with van der Waals surface area (Å²) in [6.45, 7) is 0. The van der Waals surface area contributed by atoms with E-state index < -0.39 is 0 Å². The molecule has 82 valence electrons. The SMILES string of the molecule is Brc1cc2ccccc2cc1-c1ccccc1. The maximum atomic E-state index is 3.65. The Morgan fingerprint density at radius 1 is 0.647 bits per heavy atom. The molecule has 0 aliphatic carbocycles. The molecule has 0 saturated heterocycles. The fraction of sp³-hybridized carbons (Fsp3) is 0. The summed E-state index contributed by atoms with van der Waals surface area (Å²) in [6.07, 6.45) is 0. The van der Waals surface area contributed by atoms with Gasteiger partial charge in [-0.25, -0.2) is 0 Å². The zero-order chi connectivity index (χ0) is 11.7. The van der Waals surface area contributed by atoms with Crippen molar-refractivity contribution < 1.29 is 0 Å². The van der Waals surface area contributed by atoms with E-state index in [2.05, 4.69) is 76.6 Å². The molecule has 0 N–H and O–H groups in total. The minimum Gasteiger partial charge on any atom is -0.0622 e. The number of hydrogen-bond acceptors (Lipinski definition) is 0. The van der Waals surface area contributed by atoms with E-state index in [4.69, 9.17) is 0 Å². The van der Waals surface area contributed by atoms with Gasteiger partial charge in [-0.15, -0.1) is 0 Å². The Kier molecular flexibility index (Phi) is 2.69. The molecule has 0 amide bonds. The molecule has 1 heteroatoms. The van der Waals surface area contributed by atoms with Crippen molar-refractivity contribution in [3.05, 3.63) is 71.2 Å². The maximum absolute atomic E-state index is 3.65. The lowest BCUT2D eigenvalue weighted by Crippen LogP contribution is -1.81. The van der Waals surface area contributed by atoms with E-state index in [1.165, 1.54) is 21.9 Å². The van der Waals surface area contributed by atoms with Crippen LogP contribution < -0.4 is 0 Å². The van der Waals surface area contributed by atoms with Crippen molar-refractivity contribution in [2.24, 2.45) is 0 Å². The first-order valence-corrected chi connectivity index (χ1v) is 6.37. The second-order valence-corrected chi connectivity index (χ2v) is 4.90. The summed E-state index contributed by atoms with van der Waals surface area (Å²) in [7, 11) is 0. The number of halogens is 1. The molecule has 0 spiro atoms. The van der Waals surface area contributed by atoms with Gasteiger partial charge in [0.1, 0.15) is 0 Å². The average molecular weight is 283 g/mol. The number of rotatable bonds is 1. The molecular weight excluding hydrogens is 272 g/mol. The normalized spacial score (nSPS) is 10.6. The second kappa shape index (κ2) is 4.34. The zero-order valence-corrected chi connectivity index (χ0v) is 10.8. The van der Waals surface area contributed by atoms with Gasteiger partial charge in [-0.3, -0.25) is 0 Å². The highest BCUT2D eigenvalue weighted by Gasteiger charge is 2.04. The minimum atomic E-state index is 1.14. The molecule has 3 rings (SSSR count). The van der Waals surface area contributed by atoms with Crippen molar-refractivity contribution in [2.45, 2.75) is 0 Å². The molecule has 0 aromatic heterocycles. The summed E-state index contributed by atoms with van der Waals surface area (Å²) < 4.78 is 1.14. The van der Waals surface area contributed by atoms with E-state index >= 15 is 0 Å². The summed E-state index contributed by atoms with van der Waals surface area (Å²) in [5.41, 5.74) is 2.48. The molecule has 3 aromatic rings. The molecule has 3 aromatic carbocycles. The third-order valence-electron chi connectivity index (χ3n) is 2.92. The molecule has 0 heterocycles. The van der Waals surface area contributed by atoms with Gasteiger partial charge >= 0.3 is 0 Å². The summed E-state index contributed by atoms with van der Waals surface area (Å²) in [6, 6.07) is 23.3. The van der Waals surface area contributed by atoms with Crippen LogP contribution in [0.15, 0.2) is 71.2 Å². The van der Waals surface area contributed by atoms with E-state index in [9.17, 15) is 0 Å². The van der Waals surface area contributed by atoms with E-state index in [1.807, 2.05) is 6.07 Å². The molecule has 0 nitrogen and oxygen atoms in total. The molecule has 0 fully saturated rings. The van der Waals surface area contributed by atoms with Crippen LogP contribution in [0.4, 0.5) is 0 Å². The van der Waals surface area contributed by atoms with Crippen molar-refractivity contribution in [1.29, 1.82) is 0 Å². The van der Waals surface area contributed by atoms with Crippen LogP contribution in [0.3, 0.4) is 0 Å². The van der Waals surface area contributed by atoms with E-state index in [0.29, 0.717) is 0 Å². The average Bonchev–Trinajstić information content (AvgIpc) is 2.39. The van der Waals surface area contributed by atoms with Crippen LogP contribution in [0, 0.1) is 0 Å². The van der Waals surface area contributed by atoms with E-state index in [-0.39, 0.29) is 0 Å². The third-order valence-corrected chi connectivity index (χ3v) is 3.58. The van der Waals surface area contributed by atoms with Gasteiger partial charge in [-0.1, -0.05) is 70.5 Å². The Hall–Kier alpha value is -1.60. The van der Waals surface area contributed by atoms with Crippen LogP contribution in [0.25, 0.3) is 21.9 Å². The van der Waals surface area contributed by atoms with Gasteiger partial charge in [-0.2, -0.15) is 0 Å². The van der Waals surface area contributed by atoms with Crippen molar-refractivity contribution in [3.63, 3.8) is 0 Å². The third kappa shape index (κ3) is 1.98. The number of hydrogen-bond donors (Lipinski definition) is 0. The number of benzene rings is 3. The molecule has 0 bridgehead atoms. The van der Waals surface area contributed by atoms with E-state index in [0.717, 1.165) is 4.47 Å². The fourth-order valence-corrected chi connectivity index (χ4v) is 2.64. The highest BCUT2D eigenvalue weighted by molar-refractivity contribution is 9.10. The van der Waals surface area contributed by atoms with Gasteiger partial charge in [0, 0.05) is 4.47 Å². The lowest BCUT2D eigenvalue weighted by molar-refractivity contribution is 1.61. The highest BCUT2D eigenvalue weighted by atomic mass is 79.9. The quantitative estimate of drug-likeness (QED) is 0.570.